The van der Waals surface area contributed by atoms with Crippen molar-refractivity contribution in [3.8, 4) is 0 Å². The molecule has 5 heteroatoms. The fraction of sp³-hybridized carbons (Fsp3) is 0.222. The van der Waals surface area contributed by atoms with Gasteiger partial charge in [-0.1, -0.05) is 6.07 Å². The smallest absolute Gasteiger partial charge is 0.136 e. The average Bonchev–Trinajstić information content (AvgIpc) is 3.02. The van der Waals surface area contributed by atoms with E-state index in [-0.39, 0.29) is 0 Å². The third kappa shape index (κ3) is 3.88. The molecule has 0 unspecified atom stereocenters. The number of rotatable bonds is 5. The topological polar surface area (TPSA) is 63.0 Å². The Morgan fingerprint density at radius 1 is 0.957 bits per heavy atom. The predicted molar refractivity (Wildman–Crippen MR) is 92.0 cm³/mol. The van der Waals surface area contributed by atoms with Crippen molar-refractivity contribution in [1.29, 1.82) is 0 Å². The molecule has 0 radical (unpaired) electrons. The Labute approximate surface area is 135 Å². The van der Waals surface area contributed by atoms with Crippen molar-refractivity contribution in [3.63, 3.8) is 0 Å². The first kappa shape index (κ1) is 15.1. The zero-order chi connectivity index (χ0) is 16.2. The number of benzene rings is 1. The maximum Gasteiger partial charge on any atom is 0.136 e. The average molecular weight is 308 g/mol. The third-order valence-corrected chi connectivity index (χ3v) is 3.64. The molecule has 0 aliphatic rings. The first-order valence-corrected chi connectivity index (χ1v) is 7.56. The molecule has 0 atom stereocenters. The molecule has 3 aromatic rings. The van der Waals surface area contributed by atoms with Gasteiger partial charge in [-0.25, -0.2) is 9.97 Å². The van der Waals surface area contributed by atoms with Gasteiger partial charge in [0, 0.05) is 11.8 Å². The fourth-order valence-corrected chi connectivity index (χ4v) is 2.28. The Bertz CT molecular complexity index is 797. The van der Waals surface area contributed by atoms with E-state index < -0.39 is 0 Å². The van der Waals surface area contributed by atoms with Crippen LogP contribution in [0.4, 0.5) is 17.3 Å². The maximum atomic E-state index is 5.31. The highest BCUT2D eigenvalue weighted by Gasteiger charge is 2.04. The minimum Gasteiger partial charge on any atom is -0.467 e. The van der Waals surface area contributed by atoms with Crippen LogP contribution in [0.2, 0.25) is 0 Å². The van der Waals surface area contributed by atoms with Gasteiger partial charge < -0.3 is 15.1 Å². The summed E-state index contributed by atoms with van der Waals surface area (Å²) in [5.74, 6) is 3.11. The molecule has 118 valence electrons. The van der Waals surface area contributed by atoms with Crippen molar-refractivity contribution < 1.29 is 4.42 Å². The van der Waals surface area contributed by atoms with Gasteiger partial charge in [0.2, 0.25) is 0 Å². The molecular formula is C18H20N4O. The van der Waals surface area contributed by atoms with Crippen LogP contribution in [0.1, 0.15) is 22.7 Å². The quantitative estimate of drug-likeness (QED) is 0.733. The van der Waals surface area contributed by atoms with E-state index in [1.54, 1.807) is 6.26 Å². The highest BCUT2D eigenvalue weighted by atomic mass is 16.3. The monoisotopic (exact) mass is 308 g/mol. The minimum absolute atomic E-state index is 0.590. The molecule has 23 heavy (non-hydrogen) atoms. The molecule has 2 N–H and O–H groups in total. The summed E-state index contributed by atoms with van der Waals surface area (Å²) in [5.41, 5.74) is 3.54. The van der Waals surface area contributed by atoms with E-state index in [0.29, 0.717) is 12.4 Å². The number of nitrogens with zero attached hydrogens (tertiary/aromatic N) is 2. The van der Waals surface area contributed by atoms with Crippen LogP contribution in [0.3, 0.4) is 0 Å². The molecule has 0 aliphatic heterocycles. The van der Waals surface area contributed by atoms with Crippen LogP contribution in [0.15, 0.2) is 47.1 Å². The van der Waals surface area contributed by atoms with Gasteiger partial charge in [-0.3, -0.25) is 0 Å². The Balaban J connectivity index is 1.75. The standard InChI is InChI=1S/C18H20N4O/c1-12-6-7-15(9-13(12)2)22-18-10-17(20-14(3)21-18)19-11-16-5-4-8-23-16/h4-10H,11H2,1-3H3,(H2,19,20,21,22). The van der Waals surface area contributed by atoms with E-state index in [0.717, 1.165) is 23.1 Å². The number of hydrogen-bond donors (Lipinski definition) is 2. The van der Waals surface area contributed by atoms with E-state index >= 15 is 0 Å². The second-order valence-electron chi connectivity index (χ2n) is 5.54. The molecule has 1 aromatic carbocycles. The van der Waals surface area contributed by atoms with Crippen LogP contribution in [-0.2, 0) is 6.54 Å². The molecule has 2 aromatic heterocycles. The van der Waals surface area contributed by atoms with Crippen LogP contribution in [0.5, 0.6) is 0 Å². The highest BCUT2D eigenvalue weighted by Crippen LogP contribution is 2.20. The first-order valence-electron chi connectivity index (χ1n) is 7.56. The first-order chi connectivity index (χ1) is 11.1. The molecule has 0 saturated carbocycles. The van der Waals surface area contributed by atoms with Gasteiger partial charge in [0.25, 0.3) is 0 Å². The molecule has 0 saturated heterocycles. The van der Waals surface area contributed by atoms with Gasteiger partial charge in [0.1, 0.15) is 23.2 Å². The largest absolute Gasteiger partial charge is 0.467 e. The summed E-state index contributed by atoms with van der Waals surface area (Å²) in [4.78, 5) is 8.84. The van der Waals surface area contributed by atoms with Crippen LogP contribution in [-0.4, -0.2) is 9.97 Å². The molecule has 0 spiro atoms. The van der Waals surface area contributed by atoms with Crippen molar-refractivity contribution in [2.24, 2.45) is 0 Å². The van der Waals surface area contributed by atoms with Crippen molar-refractivity contribution >= 4 is 17.3 Å². The van der Waals surface area contributed by atoms with E-state index in [1.807, 2.05) is 25.1 Å². The molecule has 0 fully saturated rings. The van der Waals surface area contributed by atoms with Gasteiger partial charge in [-0.2, -0.15) is 0 Å². The number of hydrogen-bond acceptors (Lipinski definition) is 5. The SMILES string of the molecule is Cc1nc(NCc2ccco2)cc(Nc2ccc(C)c(C)c2)n1. The van der Waals surface area contributed by atoms with E-state index in [1.165, 1.54) is 11.1 Å². The molecule has 0 aliphatic carbocycles. The van der Waals surface area contributed by atoms with E-state index in [2.05, 4.69) is 52.6 Å². The van der Waals surface area contributed by atoms with Crippen molar-refractivity contribution in [1.82, 2.24) is 9.97 Å². The normalized spacial score (nSPS) is 10.6. The maximum absolute atomic E-state index is 5.31. The minimum atomic E-state index is 0.590. The lowest BCUT2D eigenvalue weighted by Crippen LogP contribution is -2.04. The zero-order valence-corrected chi connectivity index (χ0v) is 13.6. The third-order valence-electron chi connectivity index (χ3n) is 3.64. The number of furan rings is 1. The Morgan fingerprint density at radius 2 is 1.78 bits per heavy atom. The van der Waals surface area contributed by atoms with Crippen LogP contribution in [0, 0.1) is 20.8 Å². The van der Waals surface area contributed by atoms with Crippen molar-refractivity contribution in [3.05, 3.63) is 65.4 Å². The van der Waals surface area contributed by atoms with Crippen LogP contribution in [0.25, 0.3) is 0 Å². The second-order valence-corrected chi connectivity index (χ2v) is 5.54. The summed E-state index contributed by atoms with van der Waals surface area (Å²) in [7, 11) is 0. The van der Waals surface area contributed by atoms with Gasteiger partial charge in [-0.05, 0) is 56.2 Å². The molecule has 2 heterocycles. The Hall–Kier alpha value is -2.82. The number of aromatic nitrogens is 2. The molecule has 3 rings (SSSR count). The predicted octanol–water partition coefficient (Wildman–Crippen LogP) is 4.35. The number of aryl methyl sites for hydroxylation is 3. The van der Waals surface area contributed by atoms with Crippen LogP contribution >= 0.6 is 0 Å². The molecule has 0 amide bonds. The van der Waals surface area contributed by atoms with Crippen molar-refractivity contribution in [2.75, 3.05) is 10.6 Å². The Kier molecular flexibility index (Phi) is 4.28. The zero-order valence-electron chi connectivity index (χ0n) is 13.6. The summed E-state index contributed by atoms with van der Waals surface area (Å²) >= 11 is 0. The molecule has 0 bridgehead atoms. The number of anilines is 3. The van der Waals surface area contributed by atoms with Crippen LogP contribution < -0.4 is 10.6 Å². The summed E-state index contributed by atoms with van der Waals surface area (Å²) in [5, 5.41) is 6.58. The van der Waals surface area contributed by atoms with Gasteiger partial charge >= 0.3 is 0 Å². The van der Waals surface area contributed by atoms with Crippen molar-refractivity contribution in [2.45, 2.75) is 27.3 Å². The summed E-state index contributed by atoms with van der Waals surface area (Å²) < 4.78 is 5.31. The summed E-state index contributed by atoms with van der Waals surface area (Å²) in [6.45, 7) is 6.67. The lowest BCUT2D eigenvalue weighted by molar-refractivity contribution is 0.518. The number of nitrogens with one attached hydrogen (secondary N) is 2. The van der Waals surface area contributed by atoms with Gasteiger partial charge in [0.15, 0.2) is 0 Å². The van der Waals surface area contributed by atoms with Gasteiger partial charge in [-0.15, -0.1) is 0 Å². The second kappa shape index (κ2) is 6.52. The summed E-state index contributed by atoms with van der Waals surface area (Å²) in [6.07, 6.45) is 1.66. The lowest BCUT2D eigenvalue weighted by atomic mass is 10.1. The van der Waals surface area contributed by atoms with Gasteiger partial charge in [0.05, 0.1) is 12.8 Å². The summed E-state index contributed by atoms with van der Waals surface area (Å²) in [6, 6.07) is 12.0. The molecular weight excluding hydrogens is 288 g/mol. The Morgan fingerprint density at radius 3 is 2.52 bits per heavy atom. The lowest BCUT2D eigenvalue weighted by Gasteiger charge is -2.11. The fourth-order valence-electron chi connectivity index (χ4n) is 2.28. The highest BCUT2D eigenvalue weighted by molar-refractivity contribution is 5.60. The van der Waals surface area contributed by atoms with E-state index in [4.69, 9.17) is 4.42 Å². The van der Waals surface area contributed by atoms with E-state index in [9.17, 15) is 0 Å². The molecule has 5 nitrogen and oxygen atoms in total.